The standard InChI is InChI=1S/C25H22FN7O2/c1-14-9-18(26)17(10-21(14)32-11-20(27-13-32)15-5-6-15)24(34)28-19-4-2-3-16-22(19)35-12-25(7-8-25)33-23(16)29-30-31-33/h2-4,9-11,13,15H,5-8,12H2,1H3,(H,28,34). The third-order valence-corrected chi connectivity index (χ3v) is 7.14. The van der Waals surface area contributed by atoms with E-state index in [1.807, 2.05) is 28.4 Å². The molecule has 1 aliphatic heterocycles. The van der Waals surface area contributed by atoms with Crippen molar-refractivity contribution in [2.75, 3.05) is 11.9 Å². The van der Waals surface area contributed by atoms with Gasteiger partial charge in [-0.1, -0.05) is 6.07 Å². The monoisotopic (exact) mass is 471 g/mol. The number of nitrogens with zero attached hydrogens (tertiary/aromatic N) is 6. The molecule has 0 radical (unpaired) electrons. The summed E-state index contributed by atoms with van der Waals surface area (Å²) in [6.45, 7) is 2.22. The third-order valence-electron chi connectivity index (χ3n) is 7.14. The smallest absolute Gasteiger partial charge is 0.258 e. The van der Waals surface area contributed by atoms with Gasteiger partial charge in [0, 0.05) is 12.1 Å². The molecule has 2 aromatic carbocycles. The van der Waals surface area contributed by atoms with E-state index >= 15 is 0 Å². The number of rotatable bonds is 4. The van der Waals surface area contributed by atoms with Crippen molar-refractivity contribution >= 4 is 11.6 Å². The maximum Gasteiger partial charge on any atom is 0.258 e. The third kappa shape index (κ3) is 3.23. The Kier molecular flexibility index (Phi) is 4.18. The quantitative estimate of drug-likeness (QED) is 0.483. The van der Waals surface area contributed by atoms with Crippen molar-refractivity contribution in [3.63, 3.8) is 0 Å². The summed E-state index contributed by atoms with van der Waals surface area (Å²) in [5.41, 5.74) is 3.29. The van der Waals surface area contributed by atoms with E-state index in [-0.39, 0.29) is 11.1 Å². The van der Waals surface area contributed by atoms with Crippen LogP contribution in [0.15, 0.2) is 42.9 Å². The second-order valence-electron chi connectivity index (χ2n) is 9.66. The molecule has 10 heteroatoms. The topological polar surface area (TPSA) is 99.7 Å². The summed E-state index contributed by atoms with van der Waals surface area (Å²) < 4.78 is 24.8. The highest BCUT2D eigenvalue weighted by Crippen LogP contribution is 2.49. The predicted octanol–water partition coefficient (Wildman–Crippen LogP) is 3.98. The fourth-order valence-corrected chi connectivity index (χ4v) is 4.77. The van der Waals surface area contributed by atoms with Crippen LogP contribution in [0.25, 0.3) is 17.1 Å². The molecule has 176 valence electrons. The van der Waals surface area contributed by atoms with Crippen molar-refractivity contribution in [1.82, 2.24) is 29.8 Å². The summed E-state index contributed by atoms with van der Waals surface area (Å²) in [5.74, 6) is 0.436. The Morgan fingerprint density at radius 1 is 1.26 bits per heavy atom. The van der Waals surface area contributed by atoms with Crippen LogP contribution in [0.4, 0.5) is 10.1 Å². The Morgan fingerprint density at radius 2 is 2.11 bits per heavy atom. The van der Waals surface area contributed by atoms with Gasteiger partial charge in [-0.05, 0) is 72.9 Å². The zero-order valence-electron chi connectivity index (χ0n) is 19.0. The minimum atomic E-state index is -0.588. The maximum absolute atomic E-state index is 15.0. The minimum Gasteiger partial charge on any atom is -0.488 e. The van der Waals surface area contributed by atoms with E-state index in [9.17, 15) is 9.18 Å². The predicted molar refractivity (Wildman–Crippen MR) is 124 cm³/mol. The molecule has 2 aliphatic carbocycles. The van der Waals surface area contributed by atoms with Crippen molar-refractivity contribution in [3.05, 3.63) is 65.5 Å². The molecule has 2 fully saturated rings. The van der Waals surface area contributed by atoms with Crippen molar-refractivity contribution < 1.29 is 13.9 Å². The molecule has 7 rings (SSSR count). The van der Waals surface area contributed by atoms with E-state index < -0.39 is 11.7 Å². The van der Waals surface area contributed by atoms with Gasteiger partial charge in [0.2, 0.25) is 0 Å². The van der Waals surface area contributed by atoms with Gasteiger partial charge in [-0.3, -0.25) is 4.79 Å². The van der Waals surface area contributed by atoms with Crippen molar-refractivity contribution in [3.8, 4) is 22.8 Å². The lowest BCUT2D eigenvalue weighted by atomic mass is 10.1. The first-order valence-electron chi connectivity index (χ1n) is 11.7. The Hall–Kier alpha value is -4.08. The van der Waals surface area contributed by atoms with Gasteiger partial charge in [-0.25, -0.2) is 14.1 Å². The number of hydrogen-bond acceptors (Lipinski definition) is 6. The minimum absolute atomic E-state index is 0.0537. The number of carbonyl (C=O) groups excluding carboxylic acids is 1. The molecule has 3 aliphatic rings. The number of aromatic nitrogens is 6. The van der Waals surface area contributed by atoms with Gasteiger partial charge >= 0.3 is 0 Å². The molecule has 2 aromatic heterocycles. The molecule has 1 N–H and O–H groups in total. The van der Waals surface area contributed by atoms with Crippen LogP contribution >= 0.6 is 0 Å². The first-order valence-corrected chi connectivity index (χ1v) is 11.7. The molecular formula is C25H22FN7O2. The Bertz CT molecular complexity index is 1500. The number of aryl methyl sites for hydroxylation is 1. The molecular weight excluding hydrogens is 449 g/mol. The van der Waals surface area contributed by atoms with E-state index in [0.717, 1.165) is 36.9 Å². The second kappa shape index (κ2) is 7.21. The number of hydrogen-bond donors (Lipinski definition) is 1. The number of para-hydroxylation sites is 1. The zero-order valence-corrected chi connectivity index (χ0v) is 19.0. The molecule has 0 saturated heterocycles. The van der Waals surface area contributed by atoms with Gasteiger partial charge < -0.3 is 14.6 Å². The molecule has 0 atom stereocenters. The lowest BCUT2D eigenvalue weighted by Gasteiger charge is -2.16. The van der Waals surface area contributed by atoms with Crippen molar-refractivity contribution in [2.45, 2.75) is 44.1 Å². The summed E-state index contributed by atoms with van der Waals surface area (Å²) in [7, 11) is 0. The van der Waals surface area contributed by atoms with Crippen LogP contribution < -0.4 is 10.1 Å². The number of carbonyl (C=O) groups is 1. The average Bonchev–Trinajstić information content (AvgIpc) is 3.76. The molecule has 9 nitrogen and oxygen atoms in total. The highest BCUT2D eigenvalue weighted by Gasteiger charge is 2.50. The molecule has 35 heavy (non-hydrogen) atoms. The largest absolute Gasteiger partial charge is 0.488 e. The zero-order chi connectivity index (χ0) is 23.7. The number of benzene rings is 2. The molecule has 2 saturated carbocycles. The molecule has 0 bridgehead atoms. The summed E-state index contributed by atoms with van der Waals surface area (Å²) in [6, 6.07) is 8.34. The van der Waals surface area contributed by atoms with Crippen LogP contribution in [0.2, 0.25) is 0 Å². The highest BCUT2D eigenvalue weighted by atomic mass is 19.1. The van der Waals surface area contributed by atoms with Crippen LogP contribution in [0.1, 0.15) is 53.2 Å². The number of fused-ring (bicyclic) bond motifs is 4. The number of halogens is 1. The summed E-state index contributed by atoms with van der Waals surface area (Å²) in [5, 5.41) is 15.1. The highest BCUT2D eigenvalue weighted by molar-refractivity contribution is 6.06. The molecule has 0 unspecified atom stereocenters. The first-order chi connectivity index (χ1) is 17.0. The summed E-state index contributed by atoms with van der Waals surface area (Å²) in [4.78, 5) is 17.8. The van der Waals surface area contributed by atoms with Crippen LogP contribution in [0, 0.1) is 12.7 Å². The van der Waals surface area contributed by atoms with Gasteiger partial charge in [0.1, 0.15) is 18.0 Å². The number of nitrogens with one attached hydrogen (secondary N) is 1. The maximum atomic E-state index is 15.0. The number of anilines is 1. The average molecular weight is 471 g/mol. The lowest BCUT2D eigenvalue weighted by molar-refractivity contribution is 0.102. The first kappa shape index (κ1) is 20.3. The Morgan fingerprint density at radius 3 is 2.91 bits per heavy atom. The van der Waals surface area contributed by atoms with Crippen LogP contribution in [0.3, 0.4) is 0 Å². The second-order valence-corrected chi connectivity index (χ2v) is 9.66. The summed E-state index contributed by atoms with van der Waals surface area (Å²) in [6.07, 6.45) is 7.82. The van der Waals surface area contributed by atoms with Gasteiger partial charge in [0.15, 0.2) is 11.6 Å². The van der Waals surface area contributed by atoms with Gasteiger partial charge in [0.25, 0.3) is 5.91 Å². The normalized spacial score (nSPS) is 17.3. The number of imidazole rings is 1. The van der Waals surface area contributed by atoms with E-state index in [1.54, 1.807) is 24.5 Å². The van der Waals surface area contributed by atoms with E-state index in [4.69, 9.17) is 4.74 Å². The van der Waals surface area contributed by atoms with Gasteiger partial charge in [-0.2, -0.15) is 0 Å². The molecule has 3 heterocycles. The van der Waals surface area contributed by atoms with Gasteiger partial charge in [0.05, 0.1) is 34.5 Å². The fraction of sp³-hybridized carbons (Fsp3) is 0.320. The van der Waals surface area contributed by atoms with E-state index in [0.29, 0.717) is 41.0 Å². The van der Waals surface area contributed by atoms with Crippen LogP contribution in [0.5, 0.6) is 5.75 Å². The molecule has 1 spiro atoms. The fourth-order valence-electron chi connectivity index (χ4n) is 4.77. The van der Waals surface area contributed by atoms with Crippen molar-refractivity contribution in [2.24, 2.45) is 0 Å². The van der Waals surface area contributed by atoms with E-state index in [2.05, 4.69) is 25.8 Å². The molecule has 1 amide bonds. The Balaban J connectivity index is 1.23. The number of tetrazole rings is 1. The lowest BCUT2D eigenvalue weighted by Crippen LogP contribution is -2.25. The summed E-state index contributed by atoms with van der Waals surface area (Å²) >= 11 is 0. The van der Waals surface area contributed by atoms with Crippen LogP contribution in [-0.2, 0) is 5.54 Å². The van der Waals surface area contributed by atoms with Crippen molar-refractivity contribution in [1.29, 1.82) is 0 Å². The number of amides is 1. The Labute approximate surface area is 199 Å². The number of ether oxygens (including phenoxy) is 1. The molecule has 4 aromatic rings. The van der Waals surface area contributed by atoms with E-state index in [1.165, 1.54) is 6.07 Å². The van der Waals surface area contributed by atoms with Gasteiger partial charge in [-0.15, -0.1) is 5.10 Å². The van der Waals surface area contributed by atoms with Crippen LogP contribution in [-0.4, -0.2) is 42.3 Å². The SMILES string of the molecule is Cc1cc(F)c(C(=O)Nc2cccc3c2OCC2(CC2)n2nnnc2-3)cc1-n1cnc(C2CC2)c1.